The molecule has 0 N–H and O–H groups in total. The van der Waals surface area contributed by atoms with Crippen LogP contribution in [0.25, 0.3) is 0 Å². The fourth-order valence-electron chi connectivity index (χ4n) is 3.08. The highest BCUT2D eigenvalue weighted by Crippen LogP contribution is 2.53. The van der Waals surface area contributed by atoms with Crippen molar-refractivity contribution >= 4 is 0 Å². The van der Waals surface area contributed by atoms with E-state index in [2.05, 4.69) is 0 Å². The molecule has 0 amide bonds. The van der Waals surface area contributed by atoms with E-state index < -0.39 is 12.7 Å². The Labute approximate surface area is 91.9 Å². The summed E-state index contributed by atoms with van der Waals surface area (Å²) in [7, 11) is 0. The molecule has 2 unspecified atom stereocenters. The quantitative estimate of drug-likeness (QED) is 0.710. The van der Waals surface area contributed by atoms with E-state index in [4.69, 9.17) is 0 Å². The number of benzene rings is 1. The van der Waals surface area contributed by atoms with E-state index in [1.54, 1.807) is 4.90 Å². The Bertz CT molecular complexity index is 382. The fraction of sp³-hybridized carbons (Fsp3) is 0.500. The van der Waals surface area contributed by atoms with Crippen LogP contribution in [-0.4, -0.2) is 17.6 Å². The topological polar surface area (TPSA) is 3.24 Å². The lowest BCUT2D eigenvalue weighted by Gasteiger charge is -2.23. The summed E-state index contributed by atoms with van der Waals surface area (Å²) in [6.45, 7) is -0.781. The number of nitrogens with zero attached hydrogens (tertiary/aromatic N) is 1. The first-order valence-electron chi connectivity index (χ1n) is 5.47. The molecule has 2 bridgehead atoms. The minimum Gasteiger partial charge on any atom is -0.281 e. The molecular weight excluding hydrogens is 215 g/mol. The number of rotatable bonds is 1. The monoisotopic (exact) mass is 227 g/mol. The summed E-state index contributed by atoms with van der Waals surface area (Å²) in [6.07, 6.45) is -2.38. The number of hydrogen-bond donors (Lipinski definition) is 0. The van der Waals surface area contributed by atoms with Crippen molar-refractivity contribution in [3.05, 3.63) is 35.4 Å². The molecule has 3 rings (SSSR count). The largest absolute Gasteiger partial charge is 0.401 e. The Hall–Kier alpha value is -1.03. The maximum atomic E-state index is 12.5. The highest BCUT2D eigenvalue weighted by atomic mass is 19.4. The Morgan fingerprint density at radius 2 is 1.56 bits per heavy atom. The summed E-state index contributed by atoms with van der Waals surface area (Å²) in [5.41, 5.74) is 2.20. The first kappa shape index (κ1) is 10.1. The van der Waals surface area contributed by atoms with E-state index in [9.17, 15) is 13.2 Å². The standard InChI is InChI=1S/C12H12F3N/c13-12(14,15)7-16-10-5-6-11(16)9-4-2-1-3-8(9)10/h1-4,10-11H,5-7H2. The molecular formula is C12H12F3N. The molecule has 0 aromatic heterocycles. The summed E-state index contributed by atoms with van der Waals surface area (Å²) in [4.78, 5) is 1.60. The van der Waals surface area contributed by atoms with Crippen molar-refractivity contribution in [1.82, 2.24) is 4.90 Å². The molecule has 0 saturated carbocycles. The molecule has 2 heterocycles. The molecule has 2 aliphatic rings. The lowest BCUT2D eigenvalue weighted by molar-refractivity contribution is -0.150. The Balaban J connectivity index is 1.93. The van der Waals surface area contributed by atoms with E-state index in [1.165, 1.54) is 0 Å². The Morgan fingerprint density at radius 3 is 2.00 bits per heavy atom. The molecule has 1 aromatic rings. The normalized spacial score (nSPS) is 28.4. The van der Waals surface area contributed by atoms with Crippen LogP contribution in [0.1, 0.15) is 36.1 Å². The second kappa shape index (κ2) is 3.23. The maximum Gasteiger partial charge on any atom is 0.401 e. The number of fused-ring (bicyclic) bond motifs is 5. The van der Waals surface area contributed by atoms with Crippen LogP contribution in [-0.2, 0) is 0 Å². The minimum absolute atomic E-state index is 0.0113. The van der Waals surface area contributed by atoms with Gasteiger partial charge < -0.3 is 0 Å². The molecule has 0 radical (unpaired) electrons. The Morgan fingerprint density at radius 1 is 1.06 bits per heavy atom. The van der Waals surface area contributed by atoms with Crippen molar-refractivity contribution in [2.75, 3.05) is 6.54 Å². The van der Waals surface area contributed by atoms with Crippen LogP contribution >= 0.6 is 0 Å². The summed E-state index contributed by atoms with van der Waals surface area (Å²) >= 11 is 0. The molecule has 16 heavy (non-hydrogen) atoms. The zero-order valence-electron chi connectivity index (χ0n) is 8.67. The van der Waals surface area contributed by atoms with Crippen LogP contribution < -0.4 is 0 Å². The van der Waals surface area contributed by atoms with Crippen LogP contribution in [0.4, 0.5) is 13.2 Å². The van der Waals surface area contributed by atoms with Gasteiger partial charge >= 0.3 is 6.18 Å². The van der Waals surface area contributed by atoms with Crippen LogP contribution in [0.2, 0.25) is 0 Å². The maximum absolute atomic E-state index is 12.5. The van der Waals surface area contributed by atoms with Gasteiger partial charge in [-0.2, -0.15) is 13.2 Å². The highest BCUT2D eigenvalue weighted by Gasteiger charge is 2.47. The minimum atomic E-state index is -4.09. The van der Waals surface area contributed by atoms with Gasteiger partial charge in [-0.25, -0.2) is 0 Å². The summed E-state index contributed by atoms with van der Waals surface area (Å²) in [5, 5.41) is 0. The van der Waals surface area contributed by atoms with Crippen LogP contribution in [0.3, 0.4) is 0 Å². The van der Waals surface area contributed by atoms with Gasteiger partial charge in [-0.15, -0.1) is 0 Å². The average molecular weight is 227 g/mol. The summed E-state index contributed by atoms with van der Waals surface area (Å²) < 4.78 is 37.4. The van der Waals surface area contributed by atoms with Gasteiger partial charge in [-0.1, -0.05) is 24.3 Å². The van der Waals surface area contributed by atoms with Gasteiger partial charge in [-0.3, -0.25) is 4.90 Å². The van der Waals surface area contributed by atoms with Crippen molar-refractivity contribution in [2.24, 2.45) is 0 Å². The van der Waals surface area contributed by atoms with E-state index in [0.717, 1.165) is 24.0 Å². The Kier molecular flexibility index (Phi) is 2.05. The first-order chi connectivity index (χ1) is 7.56. The summed E-state index contributed by atoms with van der Waals surface area (Å²) in [5.74, 6) is 0. The summed E-state index contributed by atoms with van der Waals surface area (Å²) in [6, 6.07) is 7.72. The molecule has 86 valence electrons. The average Bonchev–Trinajstić information content (AvgIpc) is 2.72. The zero-order chi connectivity index (χ0) is 11.3. The van der Waals surface area contributed by atoms with E-state index in [1.807, 2.05) is 24.3 Å². The molecule has 1 aromatic carbocycles. The second-order valence-corrected chi connectivity index (χ2v) is 4.53. The molecule has 0 spiro atoms. The zero-order valence-corrected chi connectivity index (χ0v) is 8.67. The third kappa shape index (κ3) is 1.44. The third-order valence-electron chi connectivity index (χ3n) is 3.59. The number of hydrogen-bond acceptors (Lipinski definition) is 1. The second-order valence-electron chi connectivity index (χ2n) is 4.53. The van der Waals surface area contributed by atoms with Gasteiger partial charge in [0, 0.05) is 12.1 Å². The predicted octanol–water partition coefficient (Wildman–Crippen LogP) is 3.44. The van der Waals surface area contributed by atoms with Crippen molar-refractivity contribution in [3.63, 3.8) is 0 Å². The van der Waals surface area contributed by atoms with Crippen molar-refractivity contribution < 1.29 is 13.2 Å². The van der Waals surface area contributed by atoms with Gasteiger partial charge in [-0.05, 0) is 24.0 Å². The SMILES string of the molecule is FC(F)(F)CN1C2CCC1c1ccccc12. The van der Waals surface area contributed by atoms with Gasteiger partial charge in [0.1, 0.15) is 0 Å². The van der Waals surface area contributed by atoms with E-state index in [-0.39, 0.29) is 12.1 Å². The van der Waals surface area contributed by atoms with E-state index in [0.29, 0.717) is 0 Å². The van der Waals surface area contributed by atoms with Gasteiger partial charge in [0.25, 0.3) is 0 Å². The molecule has 0 aliphatic carbocycles. The fourth-order valence-corrected chi connectivity index (χ4v) is 3.08. The van der Waals surface area contributed by atoms with Crippen LogP contribution in [0.5, 0.6) is 0 Å². The first-order valence-corrected chi connectivity index (χ1v) is 5.47. The van der Waals surface area contributed by atoms with Gasteiger partial charge in [0.15, 0.2) is 0 Å². The molecule has 1 nitrogen and oxygen atoms in total. The van der Waals surface area contributed by atoms with Gasteiger partial charge in [0.2, 0.25) is 0 Å². The van der Waals surface area contributed by atoms with Crippen molar-refractivity contribution in [3.8, 4) is 0 Å². The van der Waals surface area contributed by atoms with Crippen molar-refractivity contribution in [1.29, 1.82) is 0 Å². The van der Waals surface area contributed by atoms with Crippen LogP contribution in [0.15, 0.2) is 24.3 Å². The van der Waals surface area contributed by atoms with Gasteiger partial charge in [0.05, 0.1) is 6.54 Å². The van der Waals surface area contributed by atoms with Crippen molar-refractivity contribution in [2.45, 2.75) is 31.1 Å². The lowest BCUT2D eigenvalue weighted by atomic mass is 9.92. The predicted molar refractivity (Wildman–Crippen MR) is 53.9 cm³/mol. The molecule has 2 aliphatic heterocycles. The smallest absolute Gasteiger partial charge is 0.281 e. The molecule has 2 atom stereocenters. The van der Waals surface area contributed by atoms with E-state index >= 15 is 0 Å². The number of halogens is 3. The molecule has 4 heteroatoms. The molecule has 1 saturated heterocycles. The third-order valence-corrected chi connectivity index (χ3v) is 3.59. The molecule has 1 fully saturated rings. The lowest BCUT2D eigenvalue weighted by Crippen LogP contribution is -2.31. The van der Waals surface area contributed by atoms with Crippen LogP contribution in [0, 0.1) is 0 Å². The highest BCUT2D eigenvalue weighted by molar-refractivity contribution is 5.39. The number of alkyl halides is 3.